The highest BCUT2D eigenvalue weighted by molar-refractivity contribution is 7.92. The minimum atomic E-state index is -3.82. The standard InChI is InChI=1S/C16H18N4O3S/c1-13(2)19-12-15(10-18-19)24(21,22)20(11-14-6-5-9-23-14)16-7-3-4-8-17-16/h3-10,12-13H,11H2,1-2H3. The number of nitrogens with zero attached hydrogens (tertiary/aromatic N) is 4. The van der Waals surface area contributed by atoms with Crippen LogP contribution in [0, 0.1) is 0 Å². The molecule has 0 saturated carbocycles. The molecule has 3 aromatic heterocycles. The van der Waals surface area contributed by atoms with Crippen LogP contribution in [0.5, 0.6) is 0 Å². The molecule has 3 heterocycles. The van der Waals surface area contributed by atoms with E-state index in [0.717, 1.165) is 0 Å². The SMILES string of the molecule is CC(C)n1cc(S(=O)(=O)N(Cc2ccco2)c2ccccn2)cn1. The second-order valence-electron chi connectivity index (χ2n) is 5.53. The van der Waals surface area contributed by atoms with E-state index in [9.17, 15) is 8.42 Å². The molecular weight excluding hydrogens is 328 g/mol. The summed E-state index contributed by atoms with van der Waals surface area (Å²) in [5.74, 6) is 0.853. The highest BCUT2D eigenvalue weighted by atomic mass is 32.2. The molecule has 24 heavy (non-hydrogen) atoms. The number of sulfonamides is 1. The molecule has 0 spiro atoms. The second-order valence-corrected chi connectivity index (χ2v) is 7.39. The van der Waals surface area contributed by atoms with Gasteiger partial charge in [0.15, 0.2) is 0 Å². The number of rotatable bonds is 6. The summed E-state index contributed by atoms with van der Waals surface area (Å²) in [7, 11) is -3.82. The van der Waals surface area contributed by atoms with Gasteiger partial charge in [0.25, 0.3) is 10.0 Å². The Bertz CT molecular complexity index is 887. The van der Waals surface area contributed by atoms with Crippen molar-refractivity contribution >= 4 is 15.8 Å². The van der Waals surface area contributed by atoms with Gasteiger partial charge < -0.3 is 4.42 Å². The maximum Gasteiger partial charge on any atom is 0.269 e. The van der Waals surface area contributed by atoms with Crippen molar-refractivity contribution in [2.24, 2.45) is 0 Å². The number of pyridine rings is 1. The van der Waals surface area contributed by atoms with Gasteiger partial charge in [0.2, 0.25) is 0 Å². The summed E-state index contributed by atoms with van der Waals surface area (Å²) in [5.41, 5.74) is 0. The quantitative estimate of drug-likeness (QED) is 0.685. The summed E-state index contributed by atoms with van der Waals surface area (Å²) in [6.07, 6.45) is 5.94. The van der Waals surface area contributed by atoms with Gasteiger partial charge in [-0.05, 0) is 38.1 Å². The first-order valence-corrected chi connectivity index (χ1v) is 8.93. The van der Waals surface area contributed by atoms with E-state index in [4.69, 9.17) is 4.42 Å². The van der Waals surface area contributed by atoms with Crippen LogP contribution in [0.1, 0.15) is 25.6 Å². The van der Waals surface area contributed by atoms with Crippen LogP contribution in [0.25, 0.3) is 0 Å². The zero-order chi connectivity index (χ0) is 17.2. The molecule has 7 nitrogen and oxygen atoms in total. The average Bonchev–Trinajstić information content (AvgIpc) is 3.25. The van der Waals surface area contributed by atoms with Crippen molar-refractivity contribution < 1.29 is 12.8 Å². The van der Waals surface area contributed by atoms with Gasteiger partial charge in [-0.15, -0.1) is 0 Å². The van der Waals surface area contributed by atoms with E-state index < -0.39 is 10.0 Å². The Morgan fingerprint density at radius 3 is 2.67 bits per heavy atom. The number of anilines is 1. The van der Waals surface area contributed by atoms with Crippen molar-refractivity contribution in [3.63, 3.8) is 0 Å². The fraction of sp³-hybridized carbons (Fsp3) is 0.250. The van der Waals surface area contributed by atoms with E-state index in [1.165, 1.54) is 23.0 Å². The summed E-state index contributed by atoms with van der Waals surface area (Å²) >= 11 is 0. The Kier molecular flexibility index (Phi) is 4.39. The Balaban J connectivity index is 2.02. The van der Waals surface area contributed by atoms with Crippen LogP contribution in [0.15, 0.2) is 64.5 Å². The normalized spacial score (nSPS) is 11.8. The fourth-order valence-electron chi connectivity index (χ4n) is 2.20. The maximum absolute atomic E-state index is 13.1. The summed E-state index contributed by atoms with van der Waals surface area (Å²) in [6, 6.07) is 8.64. The van der Waals surface area contributed by atoms with Gasteiger partial charge in [-0.1, -0.05) is 6.07 Å². The predicted octanol–water partition coefficient (Wildman–Crippen LogP) is 2.85. The topological polar surface area (TPSA) is 81.2 Å². The van der Waals surface area contributed by atoms with Gasteiger partial charge in [0.1, 0.15) is 16.5 Å². The highest BCUT2D eigenvalue weighted by Crippen LogP contribution is 2.24. The lowest BCUT2D eigenvalue weighted by Crippen LogP contribution is -2.31. The first kappa shape index (κ1) is 16.3. The number of hydrogen-bond donors (Lipinski definition) is 0. The van der Waals surface area contributed by atoms with Gasteiger partial charge in [-0.25, -0.2) is 17.7 Å². The molecule has 0 aliphatic carbocycles. The molecule has 0 atom stereocenters. The van der Waals surface area contributed by atoms with E-state index in [0.29, 0.717) is 11.6 Å². The molecule has 0 aromatic carbocycles. The minimum Gasteiger partial charge on any atom is -0.467 e. The van der Waals surface area contributed by atoms with Gasteiger partial charge in [-0.3, -0.25) is 4.68 Å². The zero-order valence-corrected chi connectivity index (χ0v) is 14.2. The Hall–Kier alpha value is -2.61. The molecule has 0 fully saturated rings. The molecule has 0 N–H and O–H groups in total. The van der Waals surface area contributed by atoms with Gasteiger partial charge in [0.05, 0.1) is 19.0 Å². The van der Waals surface area contributed by atoms with Crippen molar-refractivity contribution in [3.8, 4) is 0 Å². The third-order valence-electron chi connectivity index (χ3n) is 3.48. The Labute approximate surface area is 140 Å². The van der Waals surface area contributed by atoms with E-state index >= 15 is 0 Å². The van der Waals surface area contributed by atoms with Crippen LogP contribution in [0.3, 0.4) is 0 Å². The molecule has 3 aromatic rings. The van der Waals surface area contributed by atoms with E-state index in [2.05, 4.69) is 10.1 Å². The van der Waals surface area contributed by atoms with E-state index in [1.54, 1.807) is 41.2 Å². The molecule has 8 heteroatoms. The highest BCUT2D eigenvalue weighted by Gasteiger charge is 2.28. The lowest BCUT2D eigenvalue weighted by molar-refractivity contribution is 0.508. The second kappa shape index (κ2) is 6.48. The average molecular weight is 346 g/mol. The summed E-state index contributed by atoms with van der Waals surface area (Å²) in [4.78, 5) is 4.29. The molecule has 0 amide bonds. The third kappa shape index (κ3) is 3.18. The largest absolute Gasteiger partial charge is 0.467 e. The van der Waals surface area contributed by atoms with Gasteiger partial charge >= 0.3 is 0 Å². The number of aromatic nitrogens is 3. The van der Waals surface area contributed by atoms with Crippen molar-refractivity contribution in [2.45, 2.75) is 31.3 Å². The lowest BCUT2D eigenvalue weighted by Gasteiger charge is -2.21. The monoisotopic (exact) mass is 346 g/mol. The number of hydrogen-bond acceptors (Lipinski definition) is 5. The maximum atomic E-state index is 13.1. The molecule has 3 rings (SSSR count). The smallest absolute Gasteiger partial charge is 0.269 e. The molecule has 0 aliphatic rings. The van der Waals surface area contributed by atoms with Crippen LogP contribution in [0.4, 0.5) is 5.82 Å². The summed E-state index contributed by atoms with van der Waals surface area (Å²) < 4.78 is 34.3. The van der Waals surface area contributed by atoms with E-state index in [-0.39, 0.29) is 17.5 Å². The Morgan fingerprint density at radius 1 is 1.25 bits per heavy atom. The van der Waals surface area contributed by atoms with Gasteiger partial charge in [-0.2, -0.15) is 5.10 Å². The molecule has 0 bridgehead atoms. The molecule has 0 aliphatic heterocycles. The number of furan rings is 1. The van der Waals surface area contributed by atoms with Crippen LogP contribution < -0.4 is 4.31 Å². The predicted molar refractivity (Wildman–Crippen MR) is 88.9 cm³/mol. The van der Waals surface area contributed by atoms with Crippen LogP contribution >= 0.6 is 0 Å². The van der Waals surface area contributed by atoms with E-state index in [1.807, 2.05) is 13.8 Å². The fourth-order valence-corrected chi connectivity index (χ4v) is 3.53. The van der Waals surface area contributed by atoms with Gasteiger partial charge in [0, 0.05) is 18.4 Å². The Morgan fingerprint density at radius 2 is 2.08 bits per heavy atom. The first-order chi connectivity index (χ1) is 11.5. The lowest BCUT2D eigenvalue weighted by atomic mass is 10.4. The van der Waals surface area contributed by atoms with Crippen LogP contribution in [0.2, 0.25) is 0 Å². The minimum absolute atomic E-state index is 0.0548. The van der Waals surface area contributed by atoms with Crippen LogP contribution in [-0.2, 0) is 16.6 Å². The third-order valence-corrected chi connectivity index (χ3v) is 5.18. The van der Waals surface area contributed by atoms with Crippen molar-refractivity contribution in [3.05, 3.63) is 60.9 Å². The zero-order valence-electron chi connectivity index (χ0n) is 13.4. The summed E-state index contributed by atoms with van der Waals surface area (Å²) in [6.45, 7) is 3.92. The van der Waals surface area contributed by atoms with Crippen molar-refractivity contribution in [2.75, 3.05) is 4.31 Å². The van der Waals surface area contributed by atoms with Crippen LogP contribution in [-0.4, -0.2) is 23.2 Å². The van der Waals surface area contributed by atoms with Crippen molar-refractivity contribution in [1.29, 1.82) is 0 Å². The molecule has 0 radical (unpaired) electrons. The first-order valence-electron chi connectivity index (χ1n) is 7.49. The summed E-state index contributed by atoms with van der Waals surface area (Å²) in [5, 5.41) is 4.12. The molecule has 0 saturated heterocycles. The molecular formula is C16H18N4O3S. The molecule has 126 valence electrons. The van der Waals surface area contributed by atoms with Crippen molar-refractivity contribution in [1.82, 2.24) is 14.8 Å². The molecule has 0 unspecified atom stereocenters.